The maximum absolute atomic E-state index is 12.0. The molecule has 1 rings (SSSR count). The fourth-order valence-corrected chi connectivity index (χ4v) is 1.33. The van der Waals surface area contributed by atoms with Crippen molar-refractivity contribution in [1.82, 2.24) is 15.1 Å². The van der Waals surface area contributed by atoms with Gasteiger partial charge in [-0.15, -0.1) is 0 Å². The number of halogens is 3. The highest BCUT2D eigenvalue weighted by Crippen LogP contribution is 2.17. The van der Waals surface area contributed by atoms with Gasteiger partial charge < -0.3 is 11.1 Å². The largest absolute Gasteiger partial charge is 0.405 e. The molecular weight excluding hydrogens is 237 g/mol. The van der Waals surface area contributed by atoms with Gasteiger partial charge in [0.1, 0.15) is 12.2 Å². The number of nitrogens with one attached hydrogen (secondary N) is 1. The maximum Gasteiger partial charge on any atom is 0.405 e. The van der Waals surface area contributed by atoms with E-state index >= 15 is 0 Å². The van der Waals surface area contributed by atoms with Gasteiger partial charge in [-0.2, -0.15) is 18.3 Å². The monoisotopic (exact) mass is 250 g/mol. The zero-order valence-electron chi connectivity index (χ0n) is 9.43. The van der Waals surface area contributed by atoms with E-state index in [1.807, 2.05) is 0 Å². The minimum Gasteiger partial charge on any atom is -0.395 e. The summed E-state index contributed by atoms with van der Waals surface area (Å²) in [5, 5.41) is 5.71. The van der Waals surface area contributed by atoms with Crippen LogP contribution in [-0.4, -0.2) is 28.4 Å². The minimum atomic E-state index is -4.45. The number of nitrogens with two attached hydrogens (primary N) is 1. The van der Waals surface area contributed by atoms with E-state index in [1.165, 1.54) is 4.68 Å². The van der Waals surface area contributed by atoms with Gasteiger partial charge in [-0.1, -0.05) is 0 Å². The third-order valence-electron chi connectivity index (χ3n) is 2.14. The third kappa shape index (κ3) is 3.11. The Balaban J connectivity index is 2.89. The number of aromatic nitrogens is 2. The van der Waals surface area contributed by atoms with Gasteiger partial charge in [0, 0.05) is 6.54 Å². The number of nitrogens with zero attached hydrogens (tertiary/aromatic N) is 2. The van der Waals surface area contributed by atoms with Crippen LogP contribution in [0.2, 0.25) is 0 Å². The molecule has 0 radical (unpaired) electrons. The van der Waals surface area contributed by atoms with Gasteiger partial charge in [0.15, 0.2) is 0 Å². The molecule has 0 aliphatic heterocycles. The van der Waals surface area contributed by atoms with Crippen molar-refractivity contribution in [2.45, 2.75) is 26.6 Å². The quantitative estimate of drug-likeness (QED) is 0.843. The van der Waals surface area contributed by atoms with Gasteiger partial charge in [-0.3, -0.25) is 9.48 Å². The number of anilines is 1. The summed E-state index contributed by atoms with van der Waals surface area (Å²) in [4.78, 5) is 11.6. The standard InChI is InChI=1S/C9H13F3N4O/c1-3-16-7(6(13)5(2)15-16)8(17)14-4-9(10,11)12/h3-4,13H2,1-2H3,(H,14,17). The molecule has 96 valence electrons. The number of amides is 1. The van der Waals surface area contributed by atoms with Crippen LogP contribution in [-0.2, 0) is 6.54 Å². The first-order chi connectivity index (χ1) is 7.76. The fourth-order valence-electron chi connectivity index (χ4n) is 1.33. The minimum absolute atomic E-state index is 0.0331. The molecule has 17 heavy (non-hydrogen) atoms. The lowest BCUT2D eigenvalue weighted by Gasteiger charge is -2.09. The Bertz CT molecular complexity index is 425. The number of carbonyl (C=O) groups is 1. The normalized spacial score (nSPS) is 11.6. The van der Waals surface area contributed by atoms with Crippen LogP contribution in [0.4, 0.5) is 18.9 Å². The predicted octanol–water partition coefficient (Wildman–Crippen LogP) is 1.09. The van der Waals surface area contributed by atoms with Crippen molar-refractivity contribution in [2.24, 2.45) is 0 Å². The molecule has 0 aliphatic carbocycles. The van der Waals surface area contributed by atoms with Gasteiger partial charge in [0.05, 0.1) is 11.4 Å². The second-order valence-electron chi connectivity index (χ2n) is 3.46. The number of carbonyl (C=O) groups excluding carboxylic acids is 1. The third-order valence-corrected chi connectivity index (χ3v) is 2.14. The molecule has 5 nitrogen and oxygen atoms in total. The Morgan fingerprint density at radius 1 is 1.53 bits per heavy atom. The first-order valence-corrected chi connectivity index (χ1v) is 4.94. The Labute approximate surface area is 95.8 Å². The van der Waals surface area contributed by atoms with Crippen LogP contribution in [0.15, 0.2) is 0 Å². The van der Waals surface area contributed by atoms with Crippen molar-refractivity contribution in [3.05, 3.63) is 11.4 Å². The van der Waals surface area contributed by atoms with Crippen molar-refractivity contribution in [2.75, 3.05) is 12.3 Å². The molecule has 0 atom stereocenters. The maximum atomic E-state index is 12.0. The lowest BCUT2D eigenvalue weighted by molar-refractivity contribution is -0.123. The van der Waals surface area contributed by atoms with E-state index < -0.39 is 18.6 Å². The Hall–Kier alpha value is -1.73. The van der Waals surface area contributed by atoms with Gasteiger partial charge in [-0.25, -0.2) is 0 Å². The number of hydrogen-bond donors (Lipinski definition) is 2. The van der Waals surface area contributed by atoms with Crippen LogP contribution in [0.3, 0.4) is 0 Å². The molecule has 0 spiro atoms. The lowest BCUT2D eigenvalue weighted by atomic mass is 10.3. The van der Waals surface area contributed by atoms with Crippen LogP contribution in [0, 0.1) is 6.92 Å². The molecule has 1 heterocycles. The molecule has 0 unspecified atom stereocenters. The first-order valence-electron chi connectivity index (χ1n) is 4.94. The summed E-state index contributed by atoms with van der Waals surface area (Å²) in [5.41, 5.74) is 6.08. The zero-order valence-corrected chi connectivity index (χ0v) is 9.43. The predicted molar refractivity (Wildman–Crippen MR) is 55.4 cm³/mol. The van der Waals surface area contributed by atoms with Crippen LogP contribution in [0.25, 0.3) is 0 Å². The number of nitrogen functional groups attached to an aromatic ring is 1. The topological polar surface area (TPSA) is 72.9 Å². The average Bonchev–Trinajstić information content (AvgIpc) is 2.51. The number of rotatable bonds is 3. The zero-order chi connectivity index (χ0) is 13.2. The average molecular weight is 250 g/mol. The SMILES string of the molecule is CCn1nc(C)c(N)c1C(=O)NCC(F)(F)F. The van der Waals surface area contributed by atoms with E-state index in [1.54, 1.807) is 19.2 Å². The van der Waals surface area contributed by atoms with E-state index in [-0.39, 0.29) is 11.4 Å². The van der Waals surface area contributed by atoms with Crippen molar-refractivity contribution in [1.29, 1.82) is 0 Å². The van der Waals surface area contributed by atoms with Crippen molar-refractivity contribution >= 4 is 11.6 Å². The summed E-state index contributed by atoms with van der Waals surface area (Å²) >= 11 is 0. The summed E-state index contributed by atoms with van der Waals surface area (Å²) in [6, 6.07) is 0. The van der Waals surface area contributed by atoms with E-state index in [9.17, 15) is 18.0 Å². The molecule has 1 amide bonds. The molecule has 0 saturated heterocycles. The first kappa shape index (κ1) is 13.3. The molecule has 0 aromatic carbocycles. The second kappa shape index (κ2) is 4.64. The summed E-state index contributed by atoms with van der Waals surface area (Å²) < 4.78 is 37.1. The van der Waals surface area contributed by atoms with Crippen LogP contribution < -0.4 is 11.1 Å². The van der Waals surface area contributed by atoms with E-state index in [0.717, 1.165) is 0 Å². The molecule has 0 bridgehead atoms. The van der Waals surface area contributed by atoms with Crippen LogP contribution in [0.5, 0.6) is 0 Å². The van der Waals surface area contributed by atoms with Gasteiger partial charge in [0.2, 0.25) is 0 Å². The van der Waals surface area contributed by atoms with Gasteiger partial charge >= 0.3 is 6.18 Å². The van der Waals surface area contributed by atoms with Crippen molar-refractivity contribution in [3.63, 3.8) is 0 Å². The van der Waals surface area contributed by atoms with Crippen molar-refractivity contribution in [3.8, 4) is 0 Å². The fraction of sp³-hybridized carbons (Fsp3) is 0.556. The van der Waals surface area contributed by atoms with E-state index in [0.29, 0.717) is 12.2 Å². The highest BCUT2D eigenvalue weighted by molar-refractivity contribution is 5.97. The molecule has 1 aromatic rings. The Morgan fingerprint density at radius 3 is 2.59 bits per heavy atom. The molecule has 8 heteroatoms. The van der Waals surface area contributed by atoms with E-state index in [2.05, 4.69) is 5.10 Å². The summed E-state index contributed by atoms with van der Waals surface area (Å²) in [6.45, 7) is 2.26. The number of alkyl halides is 3. The van der Waals surface area contributed by atoms with Gasteiger partial charge in [0.25, 0.3) is 5.91 Å². The molecule has 3 N–H and O–H groups in total. The molecule has 0 aliphatic rings. The molecular formula is C9H13F3N4O. The van der Waals surface area contributed by atoms with Crippen molar-refractivity contribution < 1.29 is 18.0 Å². The summed E-state index contributed by atoms with van der Waals surface area (Å²) in [6.07, 6.45) is -4.45. The van der Waals surface area contributed by atoms with Crippen LogP contribution in [0.1, 0.15) is 23.1 Å². The second-order valence-corrected chi connectivity index (χ2v) is 3.46. The molecule has 1 aromatic heterocycles. The Morgan fingerprint density at radius 2 is 2.12 bits per heavy atom. The van der Waals surface area contributed by atoms with E-state index in [4.69, 9.17) is 5.73 Å². The molecule has 0 saturated carbocycles. The highest BCUT2D eigenvalue weighted by Gasteiger charge is 2.29. The molecule has 0 fully saturated rings. The summed E-state index contributed by atoms with van der Waals surface area (Å²) in [5.74, 6) is -0.873. The Kier molecular flexibility index (Phi) is 3.64. The number of hydrogen-bond acceptors (Lipinski definition) is 3. The lowest BCUT2D eigenvalue weighted by Crippen LogP contribution is -2.35. The van der Waals surface area contributed by atoms with Crippen LogP contribution >= 0.6 is 0 Å². The summed E-state index contributed by atoms with van der Waals surface area (Å²) in [7, 11) is 0. The highest BCUT2D eigenvalue weighted by atomic mass is 19.4. The van der Waals surface area contributed by atoms with Gasteiger partial charge in [-0.05, 0) is 13.8 Å². The number of aryl methyl sites for hydroxylation is 2. The smallest absolute Gasteiger partial charge is 0.395 e.